The quantitative estimate of drug-likeness (QED) is 0.877. The van der Waals surface area contributed by atoms with Crippen LogP contribution >= 0.6 is 0 Å². The lowest BCUT2D eigenvalue weighted by Gasteiger charge is -2.27. The van der Waals surface area contributed by atoms with Crippen LogP contribution in [0.4, 0.5) is 0 Å². The van der Waals surface area contributed by atoms with Gasteiger partial charge in [0.15, 0.2) is 5.82 Å². The first-order chi connectivity index (χ1) is 13.1. The Kier molecular flexibility index (Phi) is 4.68. The maximum Gasteiger partial charge on any atom is 0.252 e. The van der Waals surface area contributed by atoms with Crippen molar-refractivity contribution < 1.29 is 14.1 Å². The van der Waals surface area contributed by atoms with E-state index < -0.39 is 5.54 Å². The van der Waals surface area contributed by atoms with E-state index >= 15 is 0 Å². The van der Waals surface area contributed by atoms with Crippen molar-refractivity contribution in [2.24, 2.45) is 0 Å². The first-order valence-corrected chi connectivity index (χ1v) is 9.56. The molecule has 0 unspecified atom stereocenters. The molecule has 2 fully saturated rings. The van der Waals surface area contributed by atoms with Gasteiger partial charge in [-0.1, -0.05) is 30.1 Å². The van der Waals surface area contributed by atoms with Crippen LogP contribution in [0.25, 0.3) is 0 Å². The van der Waals surface area contributed by atoms with Crippen molar-refractivity contribution in [3.63, 3.8) is 0 Å². The van der Waals surface area contributed by atoms with Crippen molar-refractivity contribution in [2.45, 2.75) is 57.5 Å². The molecule has 2 aliphatic rings. The Bertz CT molecular complexity index is 854. The Morgan fingerprint density at radius 2 is 2.11 bits per heavy atom. The molecular weight excluding hydrogens is 344 g/mol. The molecule has 0 bridgehead atoms. The molecule has 0 atom stereocenters. The Labute approximate surface area is 158 Å². The molecule has 1 aliphatic heterocycles. The molecule has 2 amide bonds. The third-order valence-electron chi connectivity index (χ3n) is 5.50. The predicted octanol–water partition coefficient (Wildman–Crippen LogP) is 2.70. The zero-order valence-electron chi connectivity index (χ0n) is 15.5. The molecule has 1 saturated carbocycles. The number of aryl methyl sites for hydroxylation is 1. The van der Waals surface area contributed by atoms with Crippen molar-refractivity contribution in [3.8, 4) is 0 Å². The van der Waals surface area contributed by atoms with Crippen LogP contribution in [0.1, 0.15) is 66.2 Å². The van der Waals surface area contributed by atoms with E-state index in [1.165, 1.54) is 0 Å². The number of aromatic nitrogens is 2. The average molecular weight is 368 g/mol. The highest BCUT2D eigenvalue weighted by molar-refractivity contribution is 5.95. The summed E-state index contributed by atoms with van der Waals surface area (Å²) in [7, 11) is 0. The number of likely N-dealkylation sites (tertiary alicyclic amines) is 1. The lowest BCUT2D eigenvalue weighted by atomic mass is 9.95. The highest BCUT2D eigenvalue weighted by atomic mass is 16.5. The minimum absolute atomic E-state index is 0.144. The zero-order valence-corrected chi connectivity index (χ0v) is 15.5. The van der Waals surface area contributed by atoms with Crippen LogP contribution in [0, 0.1) is 6.92 Å². The first-order valence-electron chi connectivity index (χ1n) is 9.56. The number of amides is 2. The number of nitrogens with zero attached hydrogens (tertiary/aromatic N) is 3. The molecule has 1 aliphatic carbocycles. The van der Waals surface area contributed by atoms with Gasteiger partial charge in [-0.2, -0.15) is 4.98 Å². The van der Waals surface area contributed by atoms with Crippen LogP contribution in [0.15, 0.2) is 28.8 Å². The molecule has 1 aromatic heterocycles. The molecule has 0 radical (unpaired) electrons. The minimum Gasteiger partial charge on any atom is -0.340 e. The summed E-state index contributed by atoms with van der Waals surface area (Å²) in [6.07, 6.45) is 5.17. The van der Waals surface area contributed by atoms with Gasteiger partial charge in [0.1, 0.15) is 5.54 Å². The molecule has 1 N–H and O–H groups in total. The molecule has 142 valence electrons. The van der Waals surface area contributed by atoms with Gasteiger partial charge in [-0.15, -0.1) is 0 Å². The second-order valence-electron chi connectivity index (χ2n) is 7.50. The summed E-state index contributed by atoms with van der Waals surface area (Å²) >= 11 is 0. The number of nitrogens with one attached hydrogen (secondary N) is 1. The van der Waals surface area contributed by atoms with Crippen LogP contribution < -0.4 is 5.32 Å². The number of benzene rings is 1. The number of carbonyl (C=O) groups is 2. The van der Waals surface area contributed by atoms with Gasteiger partial charge in [-0.25, -0.2) is 0 Å². The molecule has 1 saturated heterocycles. The van der Waals surface area contributed by atoms with Crippen molar-refractivity contribution in [1.29, 1.82) is 0 Å². The molecular formula is C20H24N4O3. The SMILES string of the molecule is Cc1nc(C2(NC(=O)c3cccc(CN4CCCC4=O)c3)CCCC2)no1. The van der Waals surface area contributed by atoms with Gasteiger partial charge >= 0.3 is 0 Å². The normalized spacial score (nSPS) is 18.9. The van der Waals surface area contributed by atoms with Gasteiger partial charge in [-0.3, -0.25) is 9.59 Å². The second kappa shape index (κ2) is 7.13. The maximum absolute atomic E-state index is 13.0. The summed E-state index contributed by atoms with van der Waals surface area (Å²) in [5.41, 5.74) is 0.995. The van der Waals surface area contributed by atoms with E-state index in [0.29, 0.717) is 30.2 Å². The maximum atomic E-state index is 13.0. The lowest BCUT2D eigenvalue weighted by Crippen LogP contribution is -2.44. The third kappa shape index (κ3) is 3.59. The summed E-state index contributed by atoms with van der Waals surface area (Å²) < 4.78 is 5.14. The van der Waals surface area contributed by atoms with E-state index in [-0.39, 0.29) is 11.8 Å². The molecule has 4 rings (SSSR count). The van der Waals surface area contributed by atoms with Crippen LogP contribution in [-0.4, -0.2) is 33.4 Å². The summed E-state index contributed by atoms with van der Waals surface area (Å²) in [5.74, 6) is 1.10. The van der Waals surface area contributed by atoms with E-state index in [0.717, 1.165) is 44.2 Å². The lowest BCUT2D eigenvalue weighted by molar-refractivity contribution is -0.128. The number of rotatable bonds is 5. The van der Waals surface area contributed by atoms with E-state index in [1.807, 2.05) is 23.1 Å². The van der Waals surface area contributed by atoms with E-state index in [2.05, 4.69) is 15.5 Å². The topological polar surface area (TPSA) is 88.3 Å². The molecule has 27 heavy (non-hydrogen) atoms. The van der Waals surface area contributed by atoms with Crippen molar-refractivity contribution in [3.05, 3.63) is 47.1 Å². The third-order valence-corrected chi connectivity index (χ3v) is 5.50. The van der Waals surface area contributed by atoms with E-state index in [4.69, 9.17) is 4.52 Å². The molecule has 2 aromatic rings. The van der Waals surface area contributed by atoms with Gasteiger partial charge in [-0.05, 0) is 37.0 Å². The van der Waals surface area contributed by atoms with Crippen LogP contribution in [0.5, 0.6) is 0 Å². The first kappa shape index (κ1) is 17.7. The largest absolute Gasteiger partial charge is 0.340 e. The molecule has 7 heteroatoms. The van der Waals surface area contributed by atoms with Crippen molar-refractivity contribution in [2.75, 3.05) is 6.54 Å². The monoisotopic (exact) mass is 368 g/mol. The van der Waals surface area contributed by atoms with Crippen LogP contribution in [0.2, 0.25) is 0 Å². The molecule has 7 nitrogen and oxygen atoms in total. The molecule has 1 aromatic carbocycles. The number of hydrogen-bond acceptors (Lipinski definition) is 5. The average Bonchev–Trinajstić information content (AvgIpc) is 3.39. The summed E-state index contributed by atoms with van der Waals surface area (Å²) in [6, 6.07) is 7.49. The Morgan fingerprint density at radius 1 is 1.30 bits per heavy atom. The number of hydrogen-bond donors (Lipinski definition) is 1. The van der Waals surface area contributed by atoms with Gasteiger partial charge in [0.25, 0.3) is 5.91 Å². The molecule has 0 spiro atoms. The fourth-order valence-corrected chi connectivity index (χ4v) is 4.07. The van der Waals surface area contributed by atoms with Crippen molar-refractivity contribution in [1.82, 2.24) is 20.4 Å². The van der Waals surface area contributed by atoms with Gasteiger partial charge in [0.2, 0.25) is 11.8 Å². The molecule has 2 heterocycles. The highest BCUT2D eigenvalue weighted by Crippen LogP contribution is 2.37. The smallest absolute Gasteiger partial charge is 0.252 e. The predicted molar refractivity (Wildman–Crippen MR) is 97.7 cm³/mol. The van der Waals surface area contributed by atoms with E-state index in [9.17, 15) is 9.59 Å². The summed E-state index contributed by atoms with van der Waals surface area (Å²) in [6.45, 7) is 3.09. The highest BCUT2D eigenvalue weighted by Gasteiger charge is 2.41. The standard InChI is InChI=1S/C20H24N4O3/c1-14-21-19(23-27-14)20(9-2-3-10-20)22-18(26)16-7-4-6-15(12-16)13-24-11-5-8-17(24)25/h4,6-7,12H,2-3,5,8-11,13H2,1H3,(H,22,26). The van der Waals surface area contributed by atoms with Gasteiger partial charge in [0.05, 0.1) is 0 Å². The van der Waals surface area contributed by atoms with Crippen LogP contribution in [-0.2, 0) is 16.9 Å². The Balaban J connectivity index is 1.52. The fourth-order valence-electron chi connectivity index (χ4n) is 4.07. The number of carbonyl (C=O) groups excluding carboxylic acids is 2. The van der Waals surface area contributed by atoms with Gasteiger partial charge in [0, 0.05) is 32.0 Å². The Hall–Kier alpha value is -2.70. The Morgan fingerprint density at radius 3 is 2.78 bits per heavy atom. The zero-order chi connectivity index (χ0) is 18.9. The fraction of sp³-hybridized carbons (Fsp3) is 0.500. The summed E-state index contributed by atoms with van der Waals surface area (Å²) in [4.78, 5) is 31.0. The van der Waals surface area contributed by atoms with Crippen LogP contribution in [0.3, 0.4) is 0 Å². The van der Waals surface area contributed by atoms with Gasteiger partial charge < -0.3 is 14.7 Å². The van der Waals surface area contributed by atoms with Crippen molar-refractivity contribution >= 4 is 11.8 Å². The minimum atomic E-state index is -0.560. The van der Waals surface area contributed by atoms with E-state index in [1.54, 1.807) is 13.0 Å². The summed E-state index contributed by atoms with van der Waals surface area (Å²) in [5, 5.41) is 7.23. The second-order valence-corrected chi connectivity index (χ2v) is 7.50.